The second kappa shape index (κ2) is 3.42. The fraction of sp³-hybridized carbons (Fsp3) is 0.500. The van der Waals surface area contributed by atoms with Gasteiger partial charge in [0.25, 0.3) is 5.56 Å². The second-order valence-corrected chi connectivity index (χ2v) is 4.91. The van der Waals surface area contributed by atoms with Crippen molar-refractivity contribution in [2.45, 2.75) is 19.9 Å². The average Bonchev–Trinajstić information content (AvgIpc) is 2.77. The van der Waals surface area contributed by atoms with Gasteiger partial charge in [0, 0.05) is 18.4 Å². The van der Waals surface area contributed by atoms with E-state index in [9.17, 15) is 4.79 Å². The van der Waals surface area contributed by atoms with E-state index in [0.717, 1.165) is 12.5 Å². The molecule has 1 heterocycles. The smallest absolute Gasteiger partial charge is 0.264 e. The number of hydrogen-bond donors (Lipinski definition) is 1. The molecule has 1 fully saturated rings. The molecular formula is C10H13BrN2O. The van der Waals surface area contributed by atoms with Gasteiger partial charge in [-0.3, -0.25) is 4.79 Å². The molecule has 1 aliphatic rings. The molecule has 0 bridgehead atoms. The number of pyridine rings is 1. The van der Waals surface area contributed by atoms with Crippen molar-refractivity contribution < 1.29 is 0 Å². The Morgan fingerprint density at radius 2 is 2.36 bits per heavy atom. The number of aromatic nitrogens is 1. The van der Waals surface area contributed by atoms with Gasteiger partial charge in [0.05, 0.1) is 4.47 Å². The summed E-state index contributed by atoms with van der Waals surface area (Å²) in [5.74, 6) is 1.41. The number of nitrogens with two attached hydrogens (primary N) is 1. The first-order valence-corrected chi connectivity index (χ1v) is 5.52. The first kappa shape index (κ1) is 9.77. The first-order chi connectivity index (χ1) is 6.58. The van der Waals surface area contributed by atoms with Gasteiger partial charge in [-0.25, -0.2) is 0 Å². The van der Waals surface area contributed by atoms with Crippen molar-refractivity contribution in [2.75, 3.05) is 5.73 Å². The third kappa shape index (κ3) is 1.85. The van der Waals surface area contributed by atoms with Crippen molar-refractivity contribution in [1.29, 1.82) is 0 Å². The average molecular weight is 257 g/mol. The zero-order valence-corrected chi connectivity index (χ0v) is 9.62. The molecule has 0 radical (unpaired) electrons. The van der Waals surface area contributed by atoms with Crippen LogP contribution in [0.4, 0.5) is 5.69 Å². The molecule has 1 saturated carbocycles. The second-order valence-electron chi connectivity index (χ2n) is 4.05. The van der Waals surface area contributed by atoms with Gasteiger partial charge in [0.2, 0.25) is 0 Å². The standard InChI is InChI=1S/C10H13BrN2O/c1-6-2-7(6)4-13-5-8(12)3-9(11)10(13)14/h3,5-7H,2,4,12H2,1H3. The van der Waals surface area contributed by atoms with Gasteiger partial charge >= 0.3 is 0 Å². The van der Waals surface area contributed by atoms with Gasteiger partial charge < -0.3 is 10.3 Å². The third-order valence-electron chi connectivity index (χ3n) is 2.77. The number of halogens is 1. The molecule has 76 valence electrons. The Morgan fingerprint density at radius 3 is 2.93 bits per heavy atom. The molecule has 2 rings (SSSR count). The zero-order chi connectivity index (χ0) is 10.3. The Hall–Kier alpha value is -0.770. The highest BCUT2D eigenvalue weighted by Crippen LogP contribution is 2.38. The summed E-state index contributed by atoms with van der Waals surface area (Å²) in [6.07, 6.45) is 2.94. The summed E-state index contributed by atoms with van der Waals surface area (Å²) in [5, 5.41) is 0. The topological polar surface area (TPSA) is 48.0 Å². The minimum Gasteiger partial charge on any atom is -0.398 e. The van der Waals surface area contributed by atoms with E-state index < -0.39 is 0 Å². The molecule has 4 heteroatoms. The van der Waals surface area contributed by atoms with Crippen molar-refractivity contribution in [3.05, 3.63) is 27.1 Å². The van der Waals surface area contributed by atoms with Crippen LogP contribution >= 0.6 is 15.9 Å². The highest BCUT2D eigenvalue weighted by atomic mass is 79.9. The van der Waals surface area contributed by atoms with Gasteiger partial charge in [-0.15, -0.1) is 0 Å². The van der Waals surface area contributed by atoms with Gasteiger partial charge in [-0.1, -0.05) is 6.92 Å². The molecule has 0 saturated heterocycles. The molecule has 0 spiro atoms. The molecule has 0 aromatic carbocycles. The lowest BCUT2D eigenvalue weighted by molar-refractivity contribution is 0.576. The number of anilines is 1. The lowest BCUT2D eigenvalue weighted by Gasteiger charge is -2.06. The summed E-state index contributed by atoms with van der Waals surface area (Å²) >= 11 is 3.21. The summed E-state index contributed by atoms with van der Waals surface area (Å²) in [7, 11) is 0. The number of hydrogen-bond acceptors (Lipinski definition) is 2. The maximum absolute atomic E-state index is 11.7. The van der Waals surface area contributed by atoms with E-state index >= 15 is 0 Å². The van der Waals surface area contributed by atoms with Gasteiger partial charge in [0.1, 0.15) is 0 Å². The molecule has 0 amide bonds. The summed E-state index contributed by atoms with van der Waals surface area (Å²) < 4.78 is 2.25. The van der Waals surface area contributed by atoms with Gasteiger partial charge in [0.15, 0.2) is 0 Å². The number of nitrogen functional groups attached to an aromatic ring is 1. The van der Waals surface area contributed by atoms with Crippen molar-refractivity contribution >= 4 is 21.6 Å². The maximum atomic E-state index is 11.7. The van der Waals surface area contributed by atoms with E-state index in [2.05, 4.69) is 22.9 Å². The molecular weight excluding hydrogens is 244 g/mol. The quantitative estimate of drug-likeness (QED) is 0.878. The Kier molecular flexibility index (Phi) is 2.39. The fourth-order valence-corrected chi connectivity index (χ4v) is 2.15. The van der Waals surface area contributed by atoms with Crippen LogP contribution in [0.2, 0.25) is 0 Å². The van der Waals surface area contributed by atoms with Crippen LogP contribution in [0.25, 0.3) is 0 Å². The molecule has 1 aromatic rings. The van der Waals surface area contributed by atoms with Crippen LogP contribution in [0.1, 0.15) is 13.3 Å². The van der Waals surface area contributed by atoms with E-state index in [-0.39, 0.29) is 5.56 Å². The van der Waals surface area contributed by atoms with Crippen molar-refractivity contribution in [3.63, 3.8) is 0 Å². The van der Waals surface area contributed by atoms with E-state index in [1.54, 1.807) is 16.8 Å². The van der Waals surface area contributed by atoms with Crippen LogP contribution in [-0.4, -0.2) is 4.57 Å². The SMILES string of the molecule is CC1CC1Cn1cc(N)cc(Br)c1=O. The molecule has 2 N–H and O–H groups in total. The molecule has 0 aliphatic heterocycles. The van der Waals surface area contributed by atoms with Crippen molar-refractivity contribution in [1.82, 2.24) is 4.57 Å². The largest absolute Gasteiger partial charge is 0.398 e. The fourth-order valence-electron chi connectivity index (χ4n) is 1.66. The van der Waals surface area contributed by atoms with Crippen molar-refractivity contribution in [2.24, 2.45) is 11.8 Å². The summed E-state index contributed by atoms with van der Waals surface area (Å²) in [6.45, 7) is 3.00. The number of rotatable bonds is 2. The normalized spacial score (nSPS) is 25.0. The zero-order valence-electron chi connectivity index (χ0n) is 8.03. The summed E-state index contributed by atoms with van der Waals surface area (Å²) in [6, 6.07) is 1.65. The third-order valence-corrected chi connectivity index (χ3v) is 3.34. The number of nitrogens with zero attached hydrogens (tertiary/aromatic N) is 1. The highest BCUT2D eigenvalue weighted by Gasteiger charge is 2.32. The summed E-state index contributed by atoms with van der Waals surface area (Å²) in [5.41, 5.74) is 6.31. The molecule has 1 aliphatic carbocycles. The monoisotopic (exact) mass is 256 g/mol. The Balaban J connectivity index is 2.28. The highest BCUT2D eigenvalue weighted by molar-refractivity contribution is 9.10. The maximum Gasteiger partial charge on any atom is 0.264 e. The minimum absolute atomic E-state index is 0.0123. The van der Waals surface area contributed by atoms with E-state index in [0.29, 0.717) is 16.1 Å². The van der Waals surface area contributed by atoms with Crippen LogP contribution in [-0.2, 0) is 6.54 Å². The van der Waals surface area contributed by atoms with Gasteiger partial charge in [-0.05, 0) is 40.3 Å². The van der Waals surface area contributed by atoms with Crippen molar-refractivity contribution in [3.8, 4) is 0 Å². The van der Waals surface area contributed by atoms with E-state index in [1.165, 1.54) is 6.42 Å². The predicted octanol–water partition coefficient (Wildman–Crippen LogP) is 1.85. The van der Waals surface area contributed by atoms with Crippen LogP contribution in [0, 0.1) is 11.8 Å². The van der Waals surface area contributed by atoms with Crippen LogP contribution in [0.15, 0.2) is 21.5 Å². The minimum atomic E-state index is 0.0123. The lowest BCUT2D eigenvalue weighted by atomic mass is 10.3. The Bertz CT molecular complexity index is 413. The Morgan fingerprint density at radius 1 is 1.71 bits per heavy atom. The Labute approximate surface area is 91.0 Å². The molecule has 2 unspecified atom stereocenters. The van der Waals surface area contributed by atoms with E-state index in [4.69, 9.17) is 5.73 Å². The lowest BCUT2D eigenvalue weighted by Crippen LogP contribution is -2.21. The van der Waals surface area contributed by atoms with Crippen LogP contribution < -0.4 is 11.3 Å². The van der Waals surface area contributed by atoms with Gasteiger partial charge in [-0.2, -0.15) is 0 Å². The molecule has 2 atom stereocenters. The molecule has 1 aromatic heterocycles. The predicted molar refractivity (Wildman–Crippen MR) is 60.1 cm³/mol. The summed E-state index contributed by atoms with van der Waals surface area (Å²) in [4.78, 5) is 11.7. The van der Waals surface area contributed by atoms with E-state index in [1.807, 2.05) is 0 Å². The first-order valence-electron chi connectivity index (χ1n) is 4.73. The van der Waals surface area contributed by atoms with Crippen LogP contribution in [0.5, 0.6) is 0 Å². The van der Waals surface area contributed by atoms with Crippen LogP contribution in [0.3, 0.4) is 0 Å². The molecule has 3 nitrogen and oxygen atoms in total. The molecule has 14 heavy (non-hydrogen) atoms.